The highest BCUT2D eigenvalue weighted by Crippen LogP contribution is 2.24. The van der Waals surface area contributed by atoms with Crippen LogP contribution in [-0.4, -0.2) is 14.4 Å². The fourth-order valence-corrected chi connectivity index (χ4v) is 3.42. The maximum Gasteiger partial charge on any atom is 0.238 e. The zero-order chi connectivity index (χ0) is 17.2. The van der Waals surface area contributed by atoms with Crippen LogP contribution >= 0.6 is 0 Å². The number of benzene rings is 2. The smallest absolute Gasteiger partial charge is 0.238 e. The van der Waals surface area contributed by atoms with Gasteiger partial charge in [-0.25, -0.2) is 18.5 Å². The Labute approximate surface area is 141 Å². The third kappa shape index (κ3) is 3.93. The molecule has 0 atom stereocenters. The zero-order valence-corrected chi connectivity index (χ0v) is 14.0. The summed E-state index contributed by atoms with van der Waals surface area (Å²) in [6.45, 7) is 0.271. The molecule has 0 saturated carbocycles. The van der Waals surface area contributed by atoms with Gasteiger partial charge < -0.3 is 11.1 Å². The van der Waals surface area contributed by atoms with E-state index >= 15 is 0 Å². The van der Waals surface area contributed by atoms with Gasteiger partial charge in [0.1, 0.15) is 0 Å². The highest BCUT2D eigenvalue weighted by Gasteiger charge is 2.11. The van der Waals surface area contributed by atoms with Crippen molar-refractivity contribution in [3.05, 3.63) is 59.2 Å². The van der Waals surface area contributed by atoms with Crippen LogP contribution in [0.3, 0.4) is 0 Å². The van der Waals surface area contributed by atoms with Gasteiger partial charge >= 0.3 is 0 Å². The summed E-state index contributed by atoms with van der Waals surface area (Å²) in [7, 11) is -3.71. The first kappa shape index (κ1) is 16.5. The van der Waals surface area contributed by atoms with Gasteiger partial charge in [-0.05, 0) is 60.2 Å². The number of aryl methyl sites for hydroxylation is 2. The Hall–Kier alpha value is -2.38. The van der Waals surface area contributed by atoms with Crippen molar-refractivity contribution in [3.63, 3.8) is 0 Å². The number of hydrogen-bond acceptors (Lipinski definition) is 3. The number of hydrogen-bond donors (Lipinski definition) is 3. The van der Waals surface area contributed by atoms with Gasteiger partial charge in [0.15, 0.2) is 5.96 Å². The number of anilines is 1. The molecule has 7 heteroatoms. The van der Waals surface area contributed by atoms with Crippen molar-refractivity contribution >= 4 is 21.7 Å². The minimum absolute atomic E-state index is 0.0698. The van der Waals surface area contributed by atoms with E-state index in [-0.39, 0.29) is 17.4 Å². The van der Waals surface area contributed by atoms with E-state index in [2.05, 4.69) is 22.4 Å². The molecule has 5 N–H and O–H groups in total. The Morgan fingerprint density at radius 3 is 2.71 bits per heavy atom. The second kappa shape index (κ2) is 6.62. The molecule has 6 nitrogen and oxygen atoms in total. The van der Waals surface area contributed by atoms with Crippen LogP contribution in [0, 0.1) is 0 Å². The Balaban J connectivity index is 1.68. The molecule has 0 saturated heterocycles. The molecule has 2 aromatic carbocycles. The lowest BCUT2D eigenvalue weighted by Crippen LogP contribution is -2.22. The van der Waals surface area contributed by atoms with Crippen LogP contribution < -0.4 is 16.2 Å². The quantitative estimate of drug-likeness (QED) is 0.579. The number of guanidine groups is 1. The molecular weight excluding hydrogens is 324 g/mol. The van der Waals surface area contributed by atoms with Crippen LogP contribution in [0.4, 0.5) is 5.69 Å². The molecule has 2 aromatic rings. The van der Waals surface area contributed by atoms with Crippen LogP contribution in [0.25, 0.3) is 0 Å². The fraction of sp³-hybridized carbons (Fsp3) is 0.235. The van der Waals surface area contributed by atoms with Crippen molar-refractivity contribution in [3.8, 4) is 0 Å². The summed E-state index contributed by atoms with van der Waals surface area (Å²) < 4.78 is 22.7. The van der Waals surface area contributed by atoms with E-state index in [1.807, 2.05) is 6.07 Å². The van der Waals surface area contributed by atoms with Crippen molar-refractivity contribution < 1.29 is 8.42 Å². The second-order valence-electron chi connectivity index (χ2n) is 5.86. The van der Waals surface area contributed by atoms with Crippen molar-refractivity contribution in [2.24, 2.45) is 15.9 Å². The molecule has 0 fully saturated rings. The first-order valence-electron chi connectivity index (χ1n) is 7.72. The van der Waals surface area contributed by atoms with Crippen LogP contribution in [0.1, 0.15) is 23.1 Å². The Morgan fingerprint density at radius 2 is 1.92 bits per heavy atom. The van der Waals surface area contributed by atoms with E-state index in [4.69, 9.17) is 10.9 Å². The topological polar surface area (TPSA) is 111 Å². The predicted molar refractivity (Wildman–Crippen MR) is 95.2 cm³/mol. The summed E-state index contributed by atoms with van der Waals surface area (Å²) in [6, 6.07) is 12.6. The van der Waals surface area contributed by atoms with Crippen molar-refractivity contribution in [2.45, 2.75) is 30.7 Å². The van der Waals surface area contributed by atoms with Gasteiger partial charge in [0.05, 0.1) is 11.4 Å². The second-order valence-corrected chi connectivity index (χ2v) is 7.42. The zero-order valence-electron chi connectivity index (χ0n) is 13.2. The predicted octanol–water partition coefficient (Wildman–Crippen LogP) is 1.75. The van der Waals surface area contributed by atoms with Gasteiger partial charge in [0.25, 0.3) is 0 Å². The lowest BCUT2D eigenvalue weighted by atomic mass is 10.1. The maximum atomic E-state index is 11.4. The summed E-state index contributed by atoms with van der Waals surface area (Å²) in [5, 5.41) is 8.20. The minimum Gasteiger partial charge on any atom is -0.370 e. The number of nitrogens with two attached hydrogens (primary N) is 2. The molecule has 126 valence electrons. The maximum absolute atomic E-state index is 11.4. The average Bonchev–Trinajstić information content (AvgIpc) is 3.00. The molecular formula is C17H20N4O2S. The minimum atomic E-state index is -3.71. The van der Waals surface area contributed by atoms with Crippen LogP contribution in [-0.2, 0) is 29.4 Å². The molecule has 1 aliphatic carbocycles. The summed E-state index contributed by atoms with van der Waals surface area (Å²) >= 11 is 0. The number of primary sulfonamides is 1. The third-order valence-corrected chi connectivity index (χ3v) is 4.94. The third-order valence-electron chi connectivity index (χ3n) is 4.03. The first-order chi connectivity index (χ1) is 11.4. The van der Waals surface area contributed by atoms with Crippen LogP contribution in [0.2, 0.25) is 0 Å². The molecule has 0 aromatic heterocycles. The van der Waals surface area contributed by atoms with Gasteiger partial charge in [-0.3, -0.25) is 0 Å². The molecule has 0 bridgehead atoms. The monoisotopic (exact) mass is 344 g/mol. The SMILES string of the molecule is NC(=NCc1cccc(S(N)(=O)=O)c1)Nc1ccc2c(c1)CCC2. The number of aliphatic imine (C=N–C) groups is 1. The van der Waals surface area contributed by atoms with Gasteiger partial charge in [0.2, 0.25) is 10.0 Å². The Bertz CT molecular complexity index is 891. The molecule has 0 radical (unpaired) electrons. The highest BCUT2D eigenvalue weighted by atomic mass is 32.2. The molecule has 0 spiro atoms. The normalized spacial score (nSPS) is 14.5. The van der Waals surface area contributed by atoms with E-state index in [1.54, 1.807) is 12.1 Å². The van der Waals surface area contributed by atoms with Gasteiger partial charge in [-0.1, -0.05) is 18.2 Å². The molecule has 0 unspecified atom stereocenters. The number of rotatable bonds is 4. The summed E-state index contributed by atoms with van der Waals surface area (Å²) in [5.74, 6) is 0.286. The van der Waals surface area contributed by atoms with E-state index < -0.39 is 10.0 Å². The largest absolute Gasteiger partial charge is 0.370 e. The summed E-state index contributed by atoms with van der Waals surface area (Å²) in [6.07, 6.45) is 3.44. The Kier molecular flexibility index (Phi) is 4.55. The molecule has 0 heterocycles. The number of nitrogens with zero attached hydrogens (tertiary/aromatic N) is 1. The van der Waals surface area contributed by atoms with E-state index in [0.29, 0.717) is 0 Å². The first-order valence-corrected chi connectivity index (χ1v) is 9.27. The lowest BCUT2D eigenvalue weighted by molar-refractivity contribution is 0.597. The Morgan fingerprint density at radius 1 is 1.12 bits per heavy atom. The molecule has 0 amide bonds. The van der Waals surface area contributed by atoms with Crippen molar-refractivity contribution in [2.75, 3.05) is 5.32 Å². The van der Waals surface area contributed by atoms with E-state index in [0.717, 1.165) is 24.1 Å². The standard InChI is InChI=1S/C17H20N4O2S/c18-17(21-15-8-7-13-4-2-5-14(13)10-15)20-11-12-3-1-6-16(9-12)24(19,22)23/h1,3,6-10H,2,4-5,11H2,(H3,18,20,21)(H2,19,22,23). The molecule has 3 rings (SSSR count). The number of sulfonamides is 1. The fourth-order valence-electron chi connectivity index (χ4n) is 2.83. The van der Waals surface area contributed by atoms with Crippen molar-refractivity contribution in [1.29, 1.82) is 0 Å². The molecule has 24 heavy (non-hydrogen) atoms. The average molecular weight is 344 g/mol. The lowest BCUT2D eigenvalue weighted by Gasteiger charge is -2.08. The van der Waals surface area contributed by atoms with Crippen LogP contribution in [0.5, 0.6) is 0 Å². The summed E-state index contributed by atoms with van der Waals surface area (Å²) in [4.78, 5) is 4.32. The van der Waals surface area contributed by atoms with Crippen molar-refractivity contribution in [1.82, 2.24) is 0 Å². The van der Waals surface area contributed by atoms with Gasteiger partial charge in [-0.15, -0.1) is 0 Å². The molecule has 0 aliphatic heterocycles. The summed E-state index contributed by atoms with van der Waals surface area (Å²) in [5.41, 5.74) is 10.3. The highest BCUT2D eigenvalue weighted by molar-refractivity contribution is 7.89. The van der Waals surface area contributed by atoms with E-state index in [9.17, 15) is 8.42 Å². The molecule has 1 aliphatic rings. The van der Waals surface area contributed by atoms with Gasteiger partial charge in [0, 0.05) is 5.69 Å². The van der Waals surface area contributed by atoms with Gasteiger partial charge in [-0.2, -0.15) is 0 Å². The number of fused-ring (bicyclic) bond motifs is 1. The van der Waals surface area contributed by atoms with Crippen LogP contribution in [0.15, 0.2) is 52.4 Å². The number of nitrogens with one attached hydrogen (secondary N) is 1. The van der Waals surface area contributed by atoms with E-state index in [1.165, 1.54) is 29.7 Å².